The zero-order chi connectivity index (χ0) is 16.6. The Kier molecular flexibility index (Phi) is 3.49. The highest BCUT2D eigenvalue weighted by Gasteiger charge is 2.16. The van der Waals surface area contributed by atoms with Crippen molar-refractivity contribution in [2.24, 2.45) is 5.73 Å². The molecule has 2 heterocycles. The number of anilines is 1. The van der Waals surface area contributed by atoms with Crippen LogP contribution in [0.15, 0.2) is 30.6 Å². The monoisotopic (exact) mass is 312 g/mol. The Labute approximate surface area is 130 Å². The fourth-order valence-electron chi connectivity index (χ4n) is 2.28. The molecule has 0 saturated carbocycles. The lowest BCUT2D eigenvalue weighted by molar-refractivity contribution is 0.100. The van der Waals surface area contributed by atoms with Crippen LogP contribution in [0.1, 0.15) is 21.6 Å². The van der Waals surface area contributed by atoms with Crippen LogP contribution in [0, 0.1) is 11.2 Å². The van der Waals surface area contributed by atoms with E-state index in [1.54, 1.807) is 7.05 Å². The highest BCUT2D eigenvalue weighted by Crippen LogP contribution is 2.21. The smallest absolute Gasteiger partial charge is 0.252 e. The Morgan fingerprint density at radius 1 is 1.39 bits per heavy atom. The lowest BCUT2D eigenvalue weighted by Gasteiger charge is -2.10. The Balaban J connectivity index is 2.11. The van der Waals surface area contributed by atoms with E-state index in [4.69, 9.17) is 11.1 Å². The van der Waals surface area contributed by atoms with E-state index in [-0.39, 0.29) is 17.0 Å². The van der Waals surface area contributed by atoms with E-state index in [0.717, 1.165) is 0 Å². The summed E-state index contributed by atoms with van der Waals surface area (Å²) in [7, 11) is 1.64. The van der Waals surface area contributed by atoms with Crippen LogP contribution in [0.2, 0.25) is 0 Å². The van der Waals surface area contributed by atoms with Gasteiger partial charge in [0.15, 0.2) is 5.65 Å². The first kappa shape index (κ1) is 14.6. The van der Waals surface area contributed by atoms with E-state index < -0.39 is 11.7 Å². The van der Waals surface area contributed by atoms with Gasteiger partial charge in [-0.3, -0.25) is 10.2 Å². The summed E-state index contributed by atoms with van der Waals surface area (Å²) in [6.07, 6.45) is 2.84. The first-order chi connectivity index (χ1) is 11.0. The molecule has 0 spiro atoms. The molecule has 0 fully saturated rings. The van der Waals surface area contributed by atoms with E-state index in [1.807, 2.05) is 0 Å². The Hall–Kier alpha value is -3.29. The minimum absolute atomic E-state index is 0.0559. The molecule has 0 atom stereocenters. The number of hydrogen-bond acceptors (Lipinski definition) is 5. The highest BCUT2D eigenvalue weighted by atomic mass is 19.1. The number of aromatic nitrogens is 3. The van der Waals surface area contributed by atoms with E-state index in [2.05, 4.69) is 20.3 Å². The Morgan fingerprint density at radius 3 is 2.87 bits per heavy atom. The van der Waals surface area contributed by atoms with Crippen LogP contribution in [-0.2, 0) is 0 Å². The number of hydrogen-bond donors (Lipinski definition) is 4. The minimum atomic E-state index is -0.632. The molecule has 0 unspecified atom stereocenters. The van der Waals surface area contributed by atoms with E-state index in [9.17, 15) is 9.18 Å². The maximum Gasteiger partial charge on any atom is 0.252 e. The summed E-state index contributed by atoms with van der Waals surface area (Å²) in [5.41, 5.74) is 7.44. The normalized spacial score (nSPS) is 10.7. The molecule has 8 heteroatoms. The molecule has 3 rings (SSSR count). The number of nitrogens with one attached hydrogen (secondary N) is 3. The molecule has 2 aromatic heterocycles. The van der Waals surface area contributed by atoms with Crippen LogP contribution in [-0.4, -0.2) is 33.6 Å². The van der Waals surface area contributed by atoms with Crippen LogP contribution in [0.5, 0.6) is 0 Å². The maximum absolute atomic E-state index is 13.3. The van der Waals surface area contributed by atoms with E-state index in [1.165, 1.54) is 30.6 Å². The summed E-state index contributed by atoms with van der Waals surface area (Å²) in [5.74, 6) is -1.04. The summed E-state index contributed by atoms with van der Waals surface area (Å²) in [6.45, 7) is 0. The molecule has 0 bridgehead atoms. The molecule has 0 aliphatic heterocycles. The van der Waals surface area contributed by atoms with Gasteiger partial charge in [-0.1, -0.05) is 0 Å². The van der Waals surface area contributed by atoms with Crippen molar-refractivity contribution in [3.8, 4) is 0 Å². The number of nitrogens with two attached hydrogens (primary N) is 1. The molecule has 0 radical (unpaired) electrons. The average Bonchev–Trinajstić information content (AvgIpc) is 2.97. The van der Waals surface area contributed by atoms with Crippen LogP contribution in [0.4, 0.5) is 10.1 Å². The third-order valence-corrected chi connectivity index (χ3v) is 3.42. The summed E-state index contributed by atoms with van der Waals surface area (Å²) >= 11 is 0. The third-order valence-electron chi connectivity index (χ3n) is 3.42. The van der Waals surface area contributed by atoms with Crippen LogP contribution in [0.25, 0.3) is 11.2 Å². The molecule has 116 valence electrons. The fraction of sp³-hybridized carbons (Fsp3) is 0.0667. The van der Waals surface area contributed by atoms with Gasteiger partial charge in [0.25, 0.3) is 5.91 Å². The number of carbonyl (C=O) groups is 1. The number of fused-ring (bicyclic) bond motifs is 1. The van der Waals surface area contributed by atoms with Crippen molar-refractivity contribution in [2.45, 2.75) is 0 Å². The second kappa shape index (κ2) is 5.48. The standard InChI is InChI=1S/C15H13FN6O/c1-19-10-4-7(16)2-3-8(10)12(17)11-6-21-15-13(22-11)9(5-20-15)14(18)23/h2-6,17,19H,1H3,(H2,18,23)(H,20,21). The number of amides is 1. The lowest BCUT2D eigenvalue weighted by Crippen LogP contribution is -2.12. The molecule has 1 amide bonds. The zero-order valence-corrected chi connectivity index (χ0v) is 12.1. The fourth-order valence-corrected chi connectivity index (χ4v) is 2.28. The van der Waals surface area contributed by atoms with Crippen molar-refractivity contribution in [1.82, 2.24) is 15.0 Å². The molecular formula is C15H13FN6O. The largest absolute Gasteiger partial charge is 0.387 e. The second-order valence-corrected chi connectivity index (χ2v) is 4.83. The lowest BCUT2D eigenvalue weighted by atomic mass is 10.1. The average molecular weight is 312 g/mol. The Bertz CT molecular complexity index is 933. The van der Waals surface area contributed by atoms with E-state index >= 15 is 0 Å². The van der Waals surface area contributed by atoms with Crippen molar-refractivity contribution in [2.75, 3.05) is 12.4 Å². The van der Waals surface area contributed by atoms with Gasteiger partial charge in [-0.15, -0.1) is 0 Å². The molecule has 3 aromatic rings. The predicted molar refractivity (Wildman–Crippen MR) is 84.3 cm³/mol. The van der Waals surface area contributed by atoms with Gasteiger partial charge < -0.3 is 16.0 Å². The number of carbonyl (C=O) groups excluding carboxylic acids is 1. The molecule has 1 aromatic carbocycles. The molecule has 0 aliphatic carbocycles. The topological polar surface area (TPSA) is 121 Å². The number of halogens is 1. The first-order valence-corrected chi connectivity index (χ1v) is 6.71. The van der Waals surface area contributed by atoms with Gasteiger partial charge in [0.05, 0.1) is 17.5 Å². The van der Waals surface area contributed by atoms with Gasteiger partial charge in [-0.05, 0) is 18.2 Å². The van der Waals surface area contributed by atoms with Crippen molar-refractivity contribution < 1.29 is 9.18 Å². The van der Waals surface area contributed by atoms with E-state index in [0.29, 0.717) is 22.4 Å². The van der Waals surface area contributed by atoms with Crippen molar-refractivity contribution in [3.05, 3.63) is 53.2 Å². The predicted octanol–water partition coefficient (Wildman–Crippen LogP) is 1.65. The van der Waals surface area contributed by atoms with Gasteiger partial charge in [-0.25, -0.2) is 14.4 Å². The minimum Gasteiger partial charge on any atom is -0.387 e. The van der Waals surface area contributed by atoms with Crippen molar-refractivity contribution in [3.63, 3.8) is 0 Å². The second-order valence-electron chi connectivity index (χ2n) is 4.83. The summed E-state index contributed by atoms with van der Waals surface area (Å²) in [6, 6.07) is 4.05. The van der Waals surface area contributed by atoms with Crippen LogP contribution >= 0.6 is 0 Å². The number of H-pyrrole nitrogens is 1. The maximum atomic E-state index is 13.3. The SMILES string of the molecule is CNc1cc(F)ccc1C(=N)c1cnc2[nH]cc(C(N)=O)c2n1. The molecular weight excluding hydrogens is 299 g/mol. The Morgan fingerprint density at radius 2 is 2.17 bits per heavy atom. The molecule has 7 nitrogen and oxygen atoms in total. The van der Waals surface area contributed by atoms with Gasteiger partial charge in [0.1, 0.15) is 17.0 Å². The van der Waals surface area contributed by atoms with Crippen molar-refractivity contribution >= 4 is 28.5 Å². The molecule has 0 aliphatic rings. The quantitative estimate of drug-likeness (QED) is 0.547. The first-order valence-electron chi connectivity index (χ1n) is 6.71. The summed E-state index contributed by atoms with van der Waals surface area (Å²) < 4.78 is 13.3. The third kappa shape index (κ3) is 2.50. The number of benzene rings is 1. The summed E-state index contributed by atoms with van der Waals surface area (Å²) in [5, 5.41) is 11.1. The number of primary amides is 1. The molecule has 5 N–H and O–H groups in total. The summed E-state index contributed by atoms with van der Waals surface area (Å²) in [4.78, 5) is 22.6. The number of aromatic amines is 1. The van der Waals surface area contributed by atoms with Gasteiger partial charge >= 0.3 is 0 Å². The highest BCUT2D eigenvalue weighted by molar-refractivity contribution is 6.13. The number of rotatable bonds is 4. The van der Waals surface area contributed by atoms with Crippen LogP contribution < -0.4 is 11.1 Å². The van der Waals surface area contributed by atoms with Gasteiger partial charge in [0, 0.05) is 24.5 Å². The molecule has 0 saturated heterocycles. The number of nitrogens with zero attached hydrogens (tertiary/aromatic N) is 2. The van der Waals surface area contributed by atoms with Gasteiger partial charge in [0.2, 0.25) is 0 Å². The van der Waals surface area contributed by atoms with Gasteiger partial charge in [-0.2, -0.15) is 0 Å². The zero-order valence-electron chi connectivity index (χ0n) is 12.1. The molecule has 23 heavy (non-hydrogen) atoms. The van der Waals surface area contributed by atoms with Crippen molar-refractivity contribution in [1.29, 1.82) is 5.41 Å². The van der Waals surface area contributed by atoms with Crippen LogP contribution in [0.3, 0.4) is 0 Å².